The number of fused-ring (bicyclic) bond motifs is 3. The van der Waals surface area contributed by atoms with Crippen LogP contribution in [0.2, 0.25) is 0 Å². The van der Waals surface area contributed by atoms with Gasteiger partial charge in [0.2, 0.25) is 6.33 Å². The van der Waals surface area contributed by atoms with Crippen molar-refractivity contribution in [2.75, 3.05) is 19.2 Å². The summed E-state index contributed by atoms with van der Waals surface area (Å²) in [5.74, 6) is 0.851. The normalized spacial score (nSPS) is 13.2. The van der Waals surface area contributed by atoms with Crippen molar-refractivity contribution in [1.82, 2.24) is 9.55 Å². The molecule has 0 atom stereocenters. The van der Waals surface area contributed by atoms with Crippen molar-refractivity contribution in [3.05, 3.63) is 211 Å². The van der Waals surface area contributed by atoms with Crippen molar-refractivity contribution in [3.8, 4) is 5.69 Å². The fraction of sp³-hybridized carbons (Fsp3) is 0.0943. The van der Waals surface area contributed by atoms with E-state index in [4.69, 9.17) is 4.98 Å². The second-order valence-electron chi connectivity index (χ2n) is 16.3. The van der Waals surface area contributed by atoms with Crippen LogP contribution in [0.25, 0.3) is 16.7 Å². The maximum atomic E-state index is 5.04. The Morgan fingerprint density at radius 3 is 1.54 bits per heavy atom. The average Bonchev–Trinajstić information content (AvgIpc) is 3.94. The minimum Gasteiger partial charge on any atom is -0.415 e. The van der Waals surface area contributed by atoms with E-state index in [-0.39, 0.29) is 35.0 Å². The molecular weight excluding hydrogens is 951 g/mol. The smallest absolute Gasteiger partial charge is 0.409 e. The van der Waals surface area contributed by atoms with Gasteiger partial charge in [0, 0.05) is 38.6 Å². The number of nitrogens with zero attached hydrogens (tertiary/aromatic N) is 7. The Morgan fingerprint density at radius 1 is 0.476 bits per heavy atom. The molecule has 0 saturated carbocycles. The Hall–Kier alpha value is -6.82. The van der Waals surface area contributed by atoms with Crippen LogP contribution in [-0.4, -0.2) is 23.5 Å². The number of aryl methyl sites for hydroxylation is 5. The zero-order chi connectivity index (χ0) is 42.1. The Morgan fingerprint density at radius 2 is 0.968 bits per heavy atom. The van der Waals surface area contributed by atoms with Gasteiger partial charge in [0.05, 0.1) is 18.1 Å². The molecule has 2 aliphatic rings. The minimum atomic E-state index is -0.264. The van der Waals surface area contributed by atoms with Gasteiger partial charge < -0.3 is 28.4 Å². The van der Waals surface area contributed by atoms with Gasteiger partial charge in [0.25, 0.3) is 0 Å². The molecule has 0 unspecified atom stereocenters. The molecule has 9 aromatic rings. The monoisotopic (exact) mass is 994 g/mol. The minimum absolute atomic E-state index is 0. The van der Waals surface area contributed by atoms with Gasteiger partial charge in [-0.15, -0.1) is 18.2 Å². The van der Waals surface area contributed by atoms with E-state index in [0.29, 0.717) is 0 Å². The van der Waals surface area contributed by atoms with Crippen LogP contribution < -0.4 is 34.7 Å². The first kappa shape index (κ1) is 40.3. The summed E-state index contributed by atoms with van der Waals surface area (Å²) in [4.78, 5) is 14.8. The van der Waals surface area contributed by atoms with Crippen molar-refractivity contribution in [3.63, 3.8) is 0 Å². The molecule has 63 heavy (non-hydrogen) atoms. The summed E-state index contributed by atoms with van der Waals surface area (Å²) in [7, 11) is 2.05. The molecule has 0 radical (unpaired) electrons. The van der Waals surface area contributed by atoms with Crippen molar-refractivity contribution < 1.29 is 25.6 Å². The van der Waals surface area contributed by atoms with Gasteiger partial charge in [-0.05, 0) is 75.0 Å². The molecule has 0 N–H and O–H groups in total. The number of hydrogen-bond acceptors (Lipinski definition) is 5. The van der Waals surface area contributed by atoms with Crippen LogP contribution in [0.1, 0.15) is 22.3 Å². The van der Waals surface area contributed by atoms with Gasteiger partial charge in [-0.2, -0.15) is 18.2 Å². The zero-order valence-electron chi connectivity index (χ0n) is 35.8. The van der Waals surface area contributed by atoms with Crippen LogP contribution in [0.3, 0.4) is 0 Å². The molecule has 10 heteroatoms. The maximum Gasteiger partial charge on any atom is 0.409 e. The van der Waals surface area contributed by atoms with E-state index >= 15 is 0 Å². The molecule has 0 fully saturated rings. The quantitative estimate of drug-likeness (QED) is 0.0904. The van der Waals surface area contributed by atoms with E-state index in [0.717, 1.165) is 62.4 Å². The van der Waals surface area contributed by atoms with Gasteiger partial charge in [-0.3, -0.25) is 0 Å². The predicted molar refractivity (Wildman–Crippen MR) is 256 cm³/mol. The van der Waals surface area contributed by atoms with Gasteiger partial charge >= 0.3 is 14.0 Å². The first-order valence-corrected chi connectivity index (χ1v) is 21.2. The third kappa shape index (κ3) is 6.56. The van der Waals surface area contributed by atoms with Gasteiger partial charge in [0.15, 0.2) is 0 Å². The van der Waals surface area contributed by atoms with E-state index in [1.807, 2.05) is 19.3 Å². The van der Waals surface area contributed by atoms with Gasteiger partial charge in [-0.1, -0.05) is 160 Å². The summed E-state index contributed by atoms with van der Waals surface area (Å²) in [5.41, 5.74) is 17.5. The van der Waals surface area contributed by atoms with Crippen LogP contribution in [0.5, 0.6) is 0 Å². The summed E-state index contributed by atoms with van der Waals surface area (Å²) in [5, 5.41) is 0. The summed E-state index contributed by atoms with van der Waals surface area (Å²) in [6.45, 7) is 8.39. The fourth-order valence-corrected chi connectivity index (χ4v) is 9.78. The topological polar surface area (TPSA) is 34.7 Å². The number of para-hydroxylation sites is 4. The third-order valence-corrected chi connectivity index (χ3v) is 12.6. The molecule has 0 bridgehead atoms. The van der Waals surface area contributed by atoms with Crippen LogP contribution in [0.4, 0.5) is 45.6 Å². The van der Waals surface area contributed by atoms with Crippen LogP contribution >= 0.6 is 0 Å². The van der Waals surface area contributed by atoms with E-state index in [9.17, 15) is 0 Å². The van der Waals surface area contributed by atoms with E-state index in [1.165, 1.54) is 33.2 Å². The van der Waals surface area contributed by atoms with Gasteiger partial charge in [0.1, 0.15) is 5.82 Å². The molecule has 11 rings (SSSR count). The largest absolute Gasteiger partial charge is 0.415 e. The van der Waals surface area contributed by atoms with Crippen molar-refractivity contribution in [1.29, 1.82) is 0 Å². The Kier molecular flexibility index (Phi) is 10.3. The summed E-state index contributed by atoms with van der Waals surface area (Å²) >= 11 is 0. The Labute approximate surface area is 385 Å². The maximum absolute atomic E-state index is 5.04. The summed E-state index contributed by atoms with van der Waals surface area (Å²) < 4.78 is 4.17. The zero-order valence-corrected chi connectivity index (χ0v) is 38.0. The Bertz CT molecular complexity index is 3100. The molecule has 0 amide bonds. The molecule has 2 aliphatic heterocycles. The van der Waals surface area contributed by atoms with E-state index in [2.05, 4.69) is 232 Å². The molecule has 308 valence electrons. The standard InChI is InChI=1S/C53H43B2N7.Pt/c1-37-18-16-19-38(2)52(37)54-59(41-22-8-6-9-23-41)47-31-29-43(58-36-57(5)45-26-12-13-27-46(45)58)34-49(47)61(54)44-30-32-48-50(35-44)62(51-28-14-15-33-56-51)55(53-39(3)20-17-21-40(53)4)60(48)42-24-10-7-11-25-42;/h6-33H,1-5H3;/q-2;. The first-order valence-electron chi connectivity index (χ1n) is 21.2. The molecule has 7 aromatic carbocycles. The molecule has 0 saturated heterocycles. The van der Waals surface area contributed by atoms with E-state index in [1.54, 1.807) is 0 Å². The average molecular weight is 995 g/mol. The molecule has 2 aromatic heterocycles. The number of hydrogen-bond donors (Lipinski definition) is 0. The second-order valence-corrected chi connectivity index (χ2v) is 16.3. The van der Waals surface area contributed by atoms with Crippen molar-refractivity contribution in [2.24, 2.45) is 7.05 Å². The molecule has 7 nitrogen and oxygen atoms in total. The van der Waals surface area contributed by atoms with Crippen LogP contribution in [-0.2, 0) is 28.1 Å². The number of anilines is 8. The number of imidazole rings is 1. The molecule has 4 heterocycles. The van der Waals surface area contributed by atoms with Crippen LogP contribution in [0.15, 0.2) is 170 Å². The number of aromatic nitrogens is 3. The fourth-order valence-electron chi connectivity index (χ4n) is 9.78. The van der Waals surface area contributed by atoms with E-state index < -0.39 is 0 Å². The van der Waals surface area contributed by atoms with Crippen molar-refractivity contribution in [2.45, 2.75) is 27.7 Å². The molecular formula is C53H43B2N7Pt-2. The number of pyridine rings is 1. The molecule has 0 aliphatic carbocycles. The third-order valence-electron chi connectivity index (χ3n) is 12.6. The number of rotatable bonds is 7. The Balaban J connectivity index is 0.00000471. The van der Waals surface area contributed by atoms with Gasteiger partial charge in [-0.25, -0.2) is 4.98 Å². The summed E-state index contributed by atoms with van der Waals surface area (Å²) in [6.07, 6.45) is 5.45. The van der Waals surface area contributed by atoms with Crippen LogP contribution in [0, 0.1) is 46.2 Å². The van der Waals surface area contributed by atoms with Crippen molar-refractivity contribution >= 4 is 81.6 Å². The second kappa shape index (κ2) is 16.1. The molecule has 0 spiro atoms. The summed E-state index contributed by atoms with van der Waals surface area (Å²) in [6, 6.07) is 66.3. The first-order chi connectivity index (χ1) is 30.4. The SMILES string of the molecule is Cc1cccc(C)c1B1N(c2[c-]c3c(cc2)N(c2ccccc2)B(c2c(C)cccc2C)N3c2ccccn2)c2[c-]c(-n3[c-][n+](C)c4ccccc43)ccc2N1c1ccccc1.[Pt]. The predicted octanol–water partition coefficient (Wildman–Crippen LogP) is 9.85. The number of benzene rings is 7.